The Hall–Kier alpha value is -1.72. The van der Waals surface area contributed by atoms with Crippen LogP contribution in [-0.4, -0.2) is 24.0 Å². The highest BCUT2D eigenvalue weighted by molar-refractivity contribution is 6.31. The van der Waals surface area contributed by atoms with Crippen LogP contribution >= 0.6 is 11.6 Å². The summed E-state index contributed by atoms with van der Waals surface area (Å²) in [6.07, 6.45) is 0. The van der Waals surface area contributed by atoms with Gasteiger partial charge in [0.2, 0.25) is 0 Å². The number of halogens is 1. The fourth-order valence-corrected chi connectivity index (χ4v) is 2.41. The molecule has 0 spiro atoms. The molecule has 1 aromatic carbocycles. The van der Waals surface area contributed by atoms with Crippen LogP contribution in [0.4, 0.5) is 0 Å². The highest BCUT2D eigenvalue weighted by atomic mass is 35.5. The lowest BCUT2D eigenvalue weighted by molar-refractivity contribution is 0.389. The molecule has 0 amide bonds. The minimum Gasteiger partial charge on any atom is -0.497 e. The predicted octanol–water partition coefficient (Wildman–Crippen LogP) is 2.69. The second-order valence-electron chi connectivity index (χ2n) is 4.75. The fraction of sp³-hybridized carbons (Fsp3) is 0.400. The summed E-state index contributed by atoms with van der Waals surface area (Å²) in [4.78, 5) is 0. The summed E-state index contributed by atoms with van der Waals surface area (Å²) in [6, 6.07) is 5.78. The van der Waals surface area contributed by atoms with Gasteiger partial charge in [-0.2, -0.15) is 5.10 Å². The molecule has 0 saturated carbocycles. The van der Waals surface area contributed by atoms with Gasteiger partial charge in [-0.1, -0.05) is 17.7 Å². The van der Waals surface area contributed by atoms with Crippen molar-refractivity contribution in [2.45, 2.75) is 20.0 Å². The van der Waals surface area contributed by atoms with Gasteiger partial charge in [0.05, 0.1) is 30.6 Å². The molecular formula is C15H20ClN3O2. The molecule has 0 aliphatic heterocycles. The molecule has 6 heteroatoms. The quantitative estimate of drug-likeness (QED) is 0.891. The number of benzene rings is 1. The number of methoxy groups -OCH3 is 2. The maximum atomic E-state index is 6.23. The van der Waals surface area contributed by atoms with Crippen molar-refractivity contribution in [1.29, 1.82) is 0 Å². The second kappa shape index (κ2) is 6.83. The van der Waals surface area contributed by atoms with E-state index in [1.807, 2.05) is 32.2 Å². The van der Waals surface area contributed by atoms with E-state index in [-0.39, 0.29) is 0 Å². The van der Waals surface area contributed by atoms with Crippen molar-refractivity contribution < 1.29 is 9.47 Å². The van der Waals surface area contributed by atoms with Gasteiger partial charge in [0, 0.05) is 31.8 Å². The standard InChI is InChI=1S/C15H20ClN3O2/c1-10-15(16)13(19(2)18-10)9-17-8-11-5-6-12(20-3)7-14(11)21-4/h5-7,17H,8-9H2,1-4H3. The molecule has 0 aliphatic carbocycles. The van der Waals surface area contributed by atoms with Gasteiger partial charge < -0.3 is 14.8 Å². The Kier molecular flexibility index (Phi) is 5.09. The van der Waals surface area contributed by atoms with Crippen molar-refractivity contribution in [1.82, 2.24) is 15.1 Å². The summed E-state index contributed by atoms with van der Waals surface area (Å²) in [5, 5.41) is 8.37. The van der Waals surface area contributed by atoms with Crippen LogP contribution in [0.2, 0.25) is 5.02 Å². The van der Waals surface area contributed by atoms with Crippen LogP contribution in [0.1, 0.15) is 17.0 Å². The average Bonchev–Trinajstić information content (AvgIpc) is 2.73. The smallest absolute Gasteiger partial charge is 0.127 e. The van der Waals surface area contributed by atoms with E-state index in [0.29, 0.717) is 18.1 Å². The van der Waals surface area contributed by atoms with Crippen LogP contribution in [0.15, 0.2) is 18.2 Å². The molecule has 0 atom stereocenters. The topological polar surface area (TPSA) is 48.3 Å². The third kappa shape index (κ3) is 3.49. The SMILES string of the molecule is COc1ccc(CNCc2c(Cl)c(C)nn2C)c(OC)c1. The predicted molar refractivity (Wildman–Crippen MR) is 83.0 cm³/mol. The maximum absolute atomic E-state index is 6.23. The molecule has 0 radical (unpaired) electrons. The maximum Gasteiger partial charge on any atom is 0.127 e. The third-order valence-electron chi connectivity index (χ3n) is 3.36. The number of hydrogen-bond donors (Lipinski definition) is 1. The normalized spacial score (nSPS) is 10.7. The molecule has 0 aliphatic rings. The summed E-state index contributed by atoms with van der Waals surface area (Å²) in [7, 11) is 5.18. The number of nitrogens with one attached hydrogen (secondary N) is 1. The molecule has 0 fully saturated rings. The Morgan fingerprint density at radius 3 is 2.57 bits per heavy atom. The van der Waals surface area contributed by atoms with Crippen molar-refractivity contribution in [2.24, 2.45) is 7.05 Å². The molecule has 2 aromatic rings. The van der Waals surface area contributed by atoms with Crippen molar-refractivity contribution >= 4 is 11.6 Å². The van der Waals surface area contributed by atoms with Gasteiger partial charge in [0.15, 0.2) is 0 Å². The van der Waals surface area contributed by atoms with Crippen LogP contribution in [0.5, 0.6) is 11.5 Å². The van der Waals surface area contributed by atoms with Crippen LogP contribution in [-0.2, 0) is 20.1 Å². The van der Waals surface area contributed by atoms with Gasteiger partial charge in [-0.3, -0.25) is 4.68 Å². The zero-order valence-corrected chi connectivity index (χ0v) is 13.5. The zero-order valence-electron chi connectivity index (χ0n) is 12.7. The highest BCUT2D eigenvalue weighted by Crippen LogP contribution is 2.25. The molecule has 5 nitrogen and oxygen atoms in total. The third-order valence-corrected chi connectivity index (χ3v) is 3.86. The molecular weight excluding hydrogens is 290 g/mol. The summed E-state index contributed by atoms with van der Waals surface area (Å²) < 4.78 is 12.4. The molecule has 0 bridgehead atoms. The van der Waals surface area contributed by atoms with Crippen LogP contribution in [0.3, 0.4) is 0 Å². The second-order valence-corrected chi connectivity index (χ2v) is 5.13. The van der Waals surface area contributed by atoms with E-state index in [1.165, 1.54) is 0 Å². The summed E-state index contributed by atoms with van der Waals surface area (Å²) in [5.74, 6) is 1.58. The van der Waals surface area contributed by atoms with Crippen LogP contribution < -0.4 is 14.8 Å². The number of rotatable bonds is 6. The summed E-state index contributed by atoms with van der Waals surface area (Å²) in [6.45, 7) is 3.22. The number of aryl methyl sites for hydroxylation is 2. The molecule has 2 rings (SSSR count). The lowest BCUT2D eigenvalue weighted by atomic mass is 10.2. The van der Waals surface area contributed by atoms with Gasteiger partial charge in [-0.15, -0.1) is 0 Å². The Balaban J connectivity index is 2.03. The number of ether oxygens (including phenoxy) is 2. The molecule has 0 unspecified atom stereocenters. The van der Waals surface area contributed by atoms with Crippen molar-refractivity contribution in [2.75, 3.05) is 14.2 Å². The highest BCUT2D eigenvalue weighted by Gasteiger charge is 2.11. The largest absolute Gasteiger partial charge is 0.497 e. The lowest BCUT2D eigenvalue weighted by Crippen LogP contribution is -2.16. The van der Waals surface area contributed by atoms with Crippen LogP contribution in [0.25, 0.3) is 0 Å². The van der Waals surface area contributed by atoms with Gasteiger partial charge in [-0.05, 0) is 13.0 Å². The minimum atomic E-state index is 0.644. The summed E-state index contributed by atoms with van der Waals surface area (Å²) in [5.41, 5.74) is 2.88. The first-order valence-electron chi connectivity index (χ1n) is 6.66. The van der Waals surface area contributed by atoms with Crippen molar-refractivity contribution in [3.63, 3.8) is 0 Å². The van der Waals surface area contributed by atoms with E-state index in [1.54, 1.807) is 18.9 Å². The van der Waals surface area contributed by atoms with E-state index in [9.17, 15) is 0 Å². The Morgan fingerprint density at radius 1 is 1.24 bits per heavy atom. The van der Waals surface area contributed by atoms with Gasteiger partial charge in [0.1, 0.15) is 11.5 Å². The molecule has 1 heterocycles. The summed E-state index contributed by atoms with van der Waals surface area (Å²) >= 11 is 6.23. The number of aromatic nitrogens is 2. The number of hydrogen-bond acceptors (Lipinski definition) is 4. The minimum absolute atomic E-state index is 0.644. The van der Waals surface area contributed by atoms with E-state index < -0.39 is 0 Å². The Morgan fingerprint density at radius 2 is 2.00 bits per heavy atom. The average molecular weight is 310 g/mol. The van der Waals surface area contributed by atoms with E-state index in [0.717, 1.165) is 28.5 Å². The Bertz CT molecular complexity index is 626. The number of nitrogens with zero attached hydrogens (tertiary/aromatic N) is 2. The van der Waals surface area contributed by atoms with Crippen LogP contribution in [0, 0.1) is 6.92 Å². The van der Waals surface area contributed by atoms with Crippen molar-refractivity contribution in [3.05, 3.63) is 40.2 Å². The molecule has 1 N–H and O–H groups in total. The molecule has 0 saturated heterocycles. The van der Waals surface area contributed by atoms with Gasteiger partial charge in [-0.25, -0.2) is 0 Å². The van der Waals surface area contributed by atoms with E-state index in [4.69, 9.17) is 21.1 Å². The van der Waals surface area contributed by atoms with Gasteiger partial charge >= 0.3 is 0 Å². The molecule has 1 aromatic heterocycles. The monoisotopic (exact) mass is 309 g/mol. The first kappa shape index (κ1) is 15.7. The zero-order chi connectivity index (χ0) is 15.4. The molecule has 114 valence electrons. The van der Waals surface area contributed by atoms with E-state index >= 15 is 0 Å². The van der Waals surface area contributed by atoms with Gasteiger partial charge in [0.25, 0.3) is 0 Å². The van der Waals surface area contributed by atoms with E-state index in [2.05, 4.69) is 10.4 Å². The lowest BCUT2D eigenvalue weighted by Gasteiger charge is -2.11. The fourth-order valence-electron chi connectivity index (χ4n) is 2.19. The molecule has 21 heavy (non-hydrogen) atoms. The van der Waals surface area contributed by atoms with Crippen molar-refractivity contribution in [3.8, 4) is 11.5 Å². The Labute approximate surface area is 129 Å². The first-order chi connectivity index (χ1) is 10.1. The first-order valence-corrected chi connectivity index (χ1v) is 7.04.